The maximum absolute atomic E-state index is 12.7. The van der Waals surface area contributed by atoms with Crippen LogP contribution >= 0.6 is 11.6 Å². The van der Waals surface area contributed by atoms with Crippen molar-refractivity contribution in [2.45, 2.75) is 13.0 Å². The number of halogens is 3. The molecule has 0 atom stereocenters. The largest absolute Gasteiger partial charge is 0.490 e. The van der Waals surface area contributed by atoms with Gasteiger partial charge < -0.3 is 9.30 Å². The Bertz CT molecular complexity index is 728. The van der Waals surface area contributed by atoms with Crippen LogP contribution in [-0.4, -0.2) is 17.6 Å². The summed E-state index contributed by atoms with van der Waals surface area (Å²) >= 11 is 6.20. The summed E-state index contributed by atoms with van der Waals surface area (Å²) in [6.07, 6.45) is -1.04. The highest BCUT2D eigenvalue weighted by molar-refractivity contribution is 6.33. The maximum atomic E-state index is 12.7. The van der Waals surface area contributed by atoms with Crippen molar-refractivity contribution < 1.29 is 13.5 Å². The Morgan fingerprint density at radius 2 is 2.09 bits per heavy atom. The van der Waals surface area contributed by atoms with Gasteiger partial charge in [-0.25, -0.2) is 8.78 Å². The van der Waals surface area contributed by atoms with Gasteiger partial charge in [-0.15, -0.1) is 0 Å². The summed E-state index contributed by atoms with van der Waals surface area (Å²) in [5.74, 6) is 0.535. The minimum absolute atomic E-state index is 0.315. The van der Waals surface area contributed by atoms with Crippen LogP contribution in [0.3, 0.4) is 0 Å². The van der Waals surface area contributed by atoms with E-state index >= 15 is 0 Å². The quantitative estimate of drug-likeness (QED) is 0.752. The minimum atomic E-state index is -2.63. The summed E-state index contributed by atoms with van der Waals surface area (Å²) in [5.41, 5.74) is 0.333. The van der Waals surface area contributed by atoms with E-state index in [1.54, 1.807) is 30.3 Å². The molecule has 0 spiro atoms. The average molecular weight is 326 g/mol. The Hall–Kier alpha value is -2.14. The van der Waals surface area contributed by atoms with E-state index in [0.717, 1.165) is 4.57 Å². The third-order valence-electron chi connectivity index (χ3n) is 2.95. The molecule has 2 rings (SSSR count). The molecule has 0 saturated heterocycles. The summed E-state index contributed by atoms with van der Waals surface area (Å²) in [6, 6.07) is 9.20. The maximum Gasteiger partial charge on any atom is 0.256 e. The molecule has 0 unspecified atom stereocenters. The van der Waals surface area contributed by atoms with Gasteiger partial charge in [0.25, 0.3) is 12.0 Å². The van der Waals surface area contributed by atoms with Gasteiger partial charge >= 0.3 is 0 Å². The molecule has 116 valence electrons. The van der Waals surface area contributed by atoms with E-state index in [9.17, 15) is 13.6 Å². The Morgan fingerprint density at radius 1 is 1.32 bits per heavy atom. The zero-order valence-electron chi connectivity index (χ0n) is 11.6. The minimum Gasteiger partial charge on any atom is -0.490 e. The fraction of sp³-hybridized carbons (Fsp3) is 0.188. The smallest absolute Gasteiger partial charge is 0.256 e. The number of hydrogen-bond donors (Lipinski definition) is 0. The lowest BCUT2D eigenvalue weighted by molar-refractivity contribution is 0.126. The van der Waals surface area contributed by atoms with Crippen LogP contribution in [-0.2, 0) is 6.54 Å². The van der Waals surface area contributed by atoms with Gasteiger partial charge in [0.1, 0.15) is 12.4 Å². The number of nitrogens with zero attached hydrogens (tertiary/aromatic N) is 1. The topological polar surface area (TPSA) is 31.2 Å². The van der Waals surface area contributed by atoms with Crippen LogP contribution in [0.15, 0.2) is 53.8 Å². The van der Waals surface area contributed by atoms with Crippen LogP contribution in [0.1, 0.15) is 0 Å². The molecule has 0 N–H and O–H groups in total. The lowest BCUT2D eigenvalue weighted by Gasteiger charge is -2.14. The standard InChI is InChI=1S/C16H14ClF2NO2/c1-2-8-22-11-6-7-12(13(17)9-11)14-4-3-5-16(21)20(14)10-15(18)19/h2-7,9,15H,1,8,10H2. The van der Waals surface area contributed by atoms with E-state index < -0.39 is 18.5 Å². The second kappa shape index (κ2) is 7.22. The first-order valence-corrected chi connectivity index (χ1v) is 6.92. The number of ether oxygens (including phenoxy) is 1. The van der Waals surface area contributed by atoms with Crippen LogP contribution in [0.5, 0.6) is 5.75 Å². The monoisotopic (exact) mass is 325 g/mol. The number of rotatable bonds is 6. The summed E-state index contributed by atoms with van der Waals surface area (Å²) in [7, 11) is 0. The molecule has 0 amide bonds. The second-order valence-electron chi connectivity index (χ2n) is 4.49. The Labute approximate surface area is 131 Å². The first-order valence-electron chi connectivity index (χ1n) is 6.54. The molecule has 0 saturated carbocycles. The molecule has 0 bridgehead atoms. The van der Waals surface area contributed by atoms with E-state index in [2.05, 4.69) is 6.58 Å². The molecule has 2 aromatic rings. The van der Waals surface area contributed by atoms with Gasteiger partial charge in [0.05, 0.1) is 17.3 Å². The van der Waals surface area contributed by atoms with Crippen molar-refractivity contribution in [3.05, 3.63) is 64.4 Å². The fourth-order valence-corrected chi connectivity index (χ4v) is 2.30. The van der Waals surface area contributed by atoms with Gasteiger partial charge in [-0.1, -0.05) is 30.3 Å². The Kier molecular flexibility index (Phi) is 5.33. The summed E-state index contributed by atoms with van der Waals surface area (Å²) in [6.45, 7) is 3.20. The number of hydrogen-bond acceptors (Lipinski definition) is 2. The van der Waals surface area contributed by atoms with Gasteiger partial charge in [0.15, 0.2) is 0 Å². The summed E-state index contributed by atoms with van der Waals surface area (Å²) < 4.78 is 31.7. The van der Waals surface area contributed by atoms with Crippen molar-refractivity contribution in [2.24, 2.45) is 0 Å². The number of benzene rings is 1. The van der Waals surface area contributed by atoms with E-state index in [1.807, 2.05) is 0 Å². The SMILES string of the molecule is C=CCOc1ccc(-c2cccc(=O)n2CC(F)F)c(Cl)c1. The lowest BCUT2D eigenvalue weighted by atomic mass is 10.1. The molecule has 22 heavy (non-hydrogen) atoms. The molecular formula is C16H14ClF2NO2. The first kappa shape index (κ1) is 16.2. The van der Waals surface area contributed by atoms with Gasteiger partial charge in [-0.2, -0.15) is 0 Å². The molecule has 0 aliphatic heterocycles. The molecule has 1 aromatic heterocycles. The molecule has 3 nitrogen and oxygen atoms in total. The molecule has 6 heteroatoms. The van der Waals surface area contributed by atoms with Crippen LogP contribution in [0, 0.1) is 0 Å². The number of pyridine rings is 1. The number of alkyl halides is 2. The molecule has 0 fully saturated rings. The molecule has 0 aliphatic rings. The van der Waals surface area contributed by atoms with Gasteiger partial charge in [0, 0.05) is 11.6 Å². The van der Waals surface area contributed by atoms with Crippen LogP contribution in [0.2, 0.25) is 5.02 Å². The number of aromatic nitrogens is 1. The summed E-state index contributed by atoms with van der Waals surface area (Å²) in [5, 5.41) is 0.315. The van der Waals surface area contributed by atoms with Crippen molar-refractivity contribution in [1.29, 1.82) is 0 Å². The third-order valence-corrected chi connectivity index (χ3v) is 3.27. The highest BCUT2D eigenvalue weighted by Crippen LogP contribution is 2.30. The Morgan fingerprint density at radius 3 is 2.73 bits per heavy atom. The van der Waals surface area contributed by atoms with Gasteiger partial charge in [-0.3, -0.25) is 4.79 Å². The van der Waals surface area contributed by atoms with E-state index in [0.29, 0.717) is 28.6 Å². The molecular weight excluding hydrogens is 312 g/mol. The van der Waals surface area contributed by atoms with Crippen molar-refractivity contribution in [3.63, 3.8) is 0 Å². The molecule has 1 aromatic carbocycles. The van der Waals surface area contributed by atoms with E-state index in [-0.39, 0.29) is 0 Å². The van der Waals surface area contributed by atoms with Crippen molar-refractivity contribution in [1.82, 2.24) is 4.57 Å². The zero-order valence-corrected chi connectivity index (χ0v) is 12.4. The van der Waals surface area contributed by atoms with E-state index in [4.69, 9.17) is 16.3 Å². The van der Waals surface area contributed by atoms with Crippen molar-refractivity contribution >= 4 is 11.6 Å². The highest BCUT2D eigenvalue weighted by atomic mass is 35.5. The molecule has 0 radical (unpaired) electrons. The third kappa shape index (κ3) is 3.74. The predicted octanol–water partition coefficient (Wildman–Crippen LogP) is 4.00. The normalized spacial score (nSPS) is 10.7. The molecule has 0 aliphatic carbocycles. The van der Waals surface area contributed by atoms with Crippen LogP contribution in [0.4, 0.5) is 8.78 Å². The van der Waals surface area contributed by atoms with Gasteiger partial charge in [-0.05, 0) is 24.3 Å². The van der Waals surface area contributed by atoms with Crippen LogP contribution < -0.4 is 10.3 Å². The predicted molar refractivity (Wildman–Crippen MR) is 82.8 cm³/mol. The van der Waals surface area contributed by atoms with Gasteiger partial charge in [0.2, 0.25) is 0 Å². The average Bonchev–Trinajstić information content (AvgIpc) is 2.47. The van der Waals surface area contributed by atoms with Crippen molar-refractivity contribution in [3.8, 4) is 17.0 Å². The summed E-state index contributed by atoms with van der Waals surface area (Å²) in [4.78, 5) is 11.8. The fourth-order valence-electron chi connectivity index (χ4n) is 2.03. The second-order valence-corrected chi connectivity index (χ2v) is 4.90. The van der Waals surface area contributed by atoms with E-state index in [1.165, 1.54) is 12.1 Å². The molecule has 1 heterocycles. The highest BCUT2D eigenvalue weighted by Gasteiger charge is 2.14. The Balaban J connectivity index is 2.46. The first-order chi connectivity index (χ1) is 10.5. The lowest BCUT2D eigenvalue weighted by Crippen LogP contribution is -2.23. The van der Waals surface area contributed by atoms with Crippen LogP contribution in [0.25, 0.3) is 11.3 Å². The zero-order chi connectivity index (χ0) is 16.1. The van der Waals surface area contributed by atoms with Crippen molar-refractivity contribution in [2.75, 3.05) is 6.61 Å².